The van der Waals surface area contributed by atoms with Crippen molar-refractivity contribution in [1.29, 1.82) is 0 Å². The van der Waals surface area contributed by atoms with Crippen LogP contribution in [0.3, 0.4) is 0 Å². The Hall–Kier alpha value is -0.0400. The highest BCUT2D eigenvalue weighted by molar-refractivity contribution is 4.86. The minimum absolute atomic E-state index is 0.666. The van der Waals surface area contributed by atoms with Gasteiger partial charge in [0, 0.05) is 6.04 Å². The molecule has 1 aliphatic rings. The fourth-order valence-electron chi connectivity index (χ4n) is 3.08. The minimum Gasteiger partial charge on any atom is -0.301 e. The van der Waals surface area contributed by atoms with Crippen LogP contribution in [0.1, 0.15) is 60.3 Å². The number of hydrogen-bond acceptors (Lipinski definition) is 1. The van der Waals surface area contributed by atoms with E-state index in [1.807, 2.05) is 0 Å². The van der Waals surface area contributed by atoms with Crippen molar-refractivity contribution in [2.75, 3.05) is 13.1 Å². The van der Waals surface area contributed by atoms with Crippen LogP contribution in [-0.2, 0) is 0 Å². The van der Waals surface area contributed by atoms with Gasteiger partial charge < -0.3 is 4.90 Å². The number of piperidine rings is 1. The molecule has 1 heteroatoms. The van der Waals surface area contributed by atoms with E-state index in [9.17, 15) is 0 Å². The first kappa shape index (κ1) is 13.0. The SMILES string of the molecule is CCC1(CC(C)C)CCN(C(C)C)CC1. The van der Waals surface area contributed by atoms with Gasteiger partial charge in [-0.25, -0.2) is 0 Å². The number of rotatable bonds is 4. The van der Waals surface area contributed by atoms with E-state index < -0.39 is 0 Å². The molecule has 1 saturated heterocycles. The van der Waals surface area contributed by atoms with Gasteiger partial charge in [0.25, 0.3) is 0 Å². The zero-order valence-corrected chi connectivity index (χ0v) is 11.3. The molecule has 0 unspecified atom stereocenters. The van der Waals surface area contributed by atoms with Crippen LogP contribution in [0.15, 0.2) is 0 Å². The zero-order chi connectivity index (χ0) is 11.5. The number of nitrogens with zero attached hydrogens (tertiary/aromatic N) is 1. The van der Waals surface area contributed by atoms with Crippen molar-refractivity contribution < 1.29 is 0 Å². The molecule has 15 heavy (non-hydrogen) atoms. The molecular formula is C14H29N. The second-order valence-corrected chi connectivity index (χ2v) is 6.08. The lowest BCUT2D eigenvalue weighted by Crippen LogP contribution is -2.43. The van der Waals surface area contributed by atoms with Gasteiger partial charge in [-0.15, -0.1) is 0 Å². The summed E-state index contributed by atoms with van der Waals surface area (Å²) in [5.74, 6) is 0.857. The highest BCUT2D eigenvalue weighted by Crippen LogP contribution is 2.40. The van der Waals surface area contributed by atoms with Gasteiger partial charge in [0.2, 0.25) is 0 Å². The average molecular weight is 211 g/mol. The first-order valence-corrected chi connectivity index (χ1v) is 6.73. The summed E-state index contributed by atoms with van der Waals surface area (Å²) in [7, 11) is 0. The van der Waals surface area contributed by atoms with E-state index in [1.54, 1.807) is 0 Å². The molecule has 0 aromatic rings. The monoisotopic (exact) mass is 211 g/mol. The Kier molecular flexibility index (Phi) is 4.64. The lowest BCUT2D eigenvalue weighted by molar-refractivity contribution is 0.0628. The van der Waals surface area contributed by atoms with Gasteiger partial charge in [-0.2, -0.15) is 0 Å². The molecule has 1 fully saturated rings. The van der Waals surface area contributed by atoms with E-state index in [4.69, 9.17) is 0 Å². The fourth-order valence-corrected chi connectivity index (χ4v) is 3.08. The smallest absolute Gasteiger partial charge is 0.00385 e. The summed E-state index contributed by atoms with van der Waals surface area (Å²) in [4.78, 5) is 2.63. The maximum Gasteiger partial charge on any atom is 0.00385 e. The van der Waals surface area contributed by atoms with Crippen LogP contribution in [0.5, 0.6) is 0 Å². The normalized spacial score (nSPS) is 22.6. The Morgan fingerprint density at radius 3 is 1.93 bits per heavy atom. The van der Waals surface area contributed by atoms with E-state index in [-0.39, 0.29) is 0 Å². The van der Waals surface area contributed by atoms with E-state index in [1.165, 1.54) is 38.8 Å². The number of likely N-dealkylation sites (tertiary alicyclic amines) is 1. The molecule has 0 bridgehead atoms. The zero-order valence-electron chi connectivity index (χ0n) is 11.3. The predicted octanol–water partition coefficient (Wildman–Crippen LogP) is 3.93. The molecule has 0 radical (unpaired) electrons. The minimum atomic E-state index is 0.666. The quantitative estimate of drug-likeness (QED) is 0.681. The van der Waals surface area contributed by atoms with Gasteiger partial charge in [0.1, 0.15) is 0 Å². The standard InChI is InChI=1S/C14H29N/c1-6-14(11-12(2)3)7-9-15(10-8-14)13(4)5/h12-13H,6-11H2,1-5H3. The summed E-state index contributed by atoms with van der Waals surface area (Å²) < 4.78 is 0. The van der Waals surface area contributed by atoms with Gasteiger partial charge in [-0.05, 0) is 57.5 Å². The van der Waals surface area contributed by atoms with Crippen molar-refractivity contribution in [3.05, 3.63) is 0 Å². The van der Waals surface area contributed by atoms with Crippen LogP contribution in [0.2, 0.25) is 0 Å². The molecule has 0 aromatic carbocycles. The highest BCUT2D eigenvalue weighted by atomic mass is 15.2. The van der Waals surface area contributed by atoms with Gasteiger partial charge in [0.15, 0.2) is 0 Å². The maximum absolute atomic E-state index is 2.63. The van der Waals surface area contributed by atoms with Crippen molar-refractivity contribution in [2.24, 2.45) is 11.3 Å². The molecular weight excluding hydrogens is 182 g/mol. The van der Waals surface area contributed by atoms with Crippen molar-refractivity contribution in [2.45, 2.75) is 66.3 Å². The average Bonchev–Trinajstić information content (AvgIpc) is 2.17. The molecule has 0 spiro atoms. The third kappa shape index (κ3) is 3.48. The Labute approximate surface area is 96.2 Å². The molecule has 0 amide bonds. The third-order valence-electron chi connectivity index (χ3n) is 4.18. The summed E-state index contributed by atoms with van der Waals surface area (Å²) >= 11 is 0. The fraction of sp³-hybridized carbons (Fsp3) is 1.00. The van der Waals surface area contributed by atoms with Crippen LogP contribution in [0, 0.1) is 11.3 Å². The van der Waals surface area contributed by atoms with Crippen LogP contribution < -0.4 is 0 Å². The van der Waals surface area contributed by atoms with Crippen molar-refractivity contribution >= 4 is 0 Å². The van der Waals surface area contributed by atoms with Crippen molar-refractivity contribution in [1.82, 2.24) is 4.90 Å². The summed E-state index contributed by atoms with van der Waals surface area (Å²) in [6, 6.07) is 0.735. The molecule has 1 rings (SSSR count). The molecule has 0 N–H and O–H groups in total. The van der Waals surface area contributed by atoms with Crippen molar-refractivity contribution in [3.63, 3.8) is 0 Å². The van der Waals surface area contributed by atoms with Gasteiger partial charge in [-0.1, -0.05) is 27.2 Å². The number of hydrogen-bond donors (Lipinski definition) is 0. The predicted molar refractivity (Wildman–Crippen MR) is 68.1 cm³/mol. The maximum atomic E-state index is 2.63. The van der Waals surface area contributed by atoms with Crippen molar-refractivity contribution in [3.8, 4) is 0 Å². The van der Waals surface area contributed by atoms with Crippen LogP contribution in [0.25, 0.3) is 0 Å². The van der Waals surface area contributed by atoms with Crippen LogP contribution in [0.4, 0.5) is 0 Å². The second kappa shape index (κ2) is 5.34. The van der Waals surface area contributed by atoms with E-state index >= 15 is 0 Å². The summed E-state index contributed by atoms with van der Waals surface area (Å²) in [6.07, 6.45) is 5.63. The Morgan fingerprint density at radius 1 is 1.07 bits per heavy atom. The first-order valence-electron chi connectivity index (χ1n) is 6.73. The van der Waals surface area contributed by atoms with E-state index in [0.29, 0.717) is 5.41 Å². The van der Waals surface area contributed by atoms with Gasteiger partial charge >= 0.3 is 0 Å². The van der Waals surface area contributed by atoms with E-state index in [0.717, 1.165) is 12.0 Å². The molecule has 1 aliphatic heterocycles. The molecule has 1 nitrogen and oxygen atoms in total. The highest BCUT2D eigenvalue weighted by Gasteiger charge is 2.33. The summed E-state index contributed by atoms with van der Waals surface area (Å²) in [6.45, 7) is 14.4. The summed E-state index contributed by atoms with van der Waals surface area (Å²) in [5, 5.41) is 0. The molecule has 1 heterocycles. The molecule has 0 saturated carbocycles. The first-order chi connectivity index (χ1) is 6.99. The third-order valence-corrected chi connectivity index (χ3v) is 4.18. The van der Waals surface area contributed by atoms with Gasteiger partial charge in [0.05, 0.1) is 0 Å². The lowest BCUT2D eigenvalue weighted by atomic mass is 9.71. The molecule has 0 aromatic heterocycles. The summed E-state index contributed by atoms with van der Waals surface area (Å²) in [5.41, 5.74) is 0.666. The van der Waals surface area contributed by atoms with Crippen LogP contribution in [-0.4, -0.2) is 24.0 Å². The topological polar surface area (TPSA) is 3.24 Å². The van der Waals surface area contributed by atoms with Gasteiger partial charge in [-0.3, -0.25) is 0 Å². The Balaban J connectivity index is 2.50. The second-order valence-electron chi connectivity index (χ2n) is 6.08. The lowest BCUT2D eigenvalue weighted by Gasteiger charge is -2.44. The molecule has 0 atom stereocenters. The largest absolute Gasteiger partial charge is 0.301 e. The molecule has 0 aliphatic carbocycles. The van der Waals surface area contributed by atoms with Crippen LogP contribution >= 0.6 is 0 Å². The Morgan fingerprint density at radius 2 is 1.60 bits per heavy atom. The van der Waals surface area contributed by atoms with E-state index in [2.05, 4.69) is 39.5 Å². The Bertz CT molecular complexity index is 176. The molecule has 90 valence electrons.